The molecule has 3 aliphatic heterocycles. The third kappa shape index (κ3) is 4.80. The van der Waals surface area contributed by atoms with E-state index in [0.29, 0.717) is 13.0 Å². The minimum Gasteiger partial charge on any atom is -0.497 e. The topological polar surface area (TPSA) is 113 Å². The third-order valence-corrected chi connectivity index (χ3v) is 7.94. The van der Waals surface area contributed by atoms with Crippen LogP contribution in [0.2, 0.25) is 0 Å². The quantitative estimate of drug-likeness (QED) is 0.444. The lowest BCUT2D eigenvalue weighted by Gasteiger charge is -2.44. The van der Waals surface area contributed by atoms with Crippen LogP contribution in [0.25, 0.3) is 11.1 Å². The number of halogens is 3. The van der Waals surface area contributed by atoms with Crippen LogP contribution in [0.1, 0.15) is 30.9 Å². The van der Waals surface area contributed by atoms with Crippen molar-refractivity contribution in [1.82, 2.24) is 9.80 Å². The first kappa shape index (κ1) is 29.1. The van der Waals surface area contributed by atoms with E-state index in [1.54, 1.807) is 7.11 Å². The van der Waals surface area contributed by atoms with Gasteiger partial charge in [-0.25, -0.2) is 4.79 Å². The number of esters is 1. The van der Waals surface area contributed by atoms with Crippen LogP contribution in [0.4, 0.5) is 13.2 Å². The molecule has 214 valence electrons. The number of likely N-dealkylation sites (tertiary alicyclic amines) is 1. The van der Waals surface area contributed by atoms with E-state index in [2.05, 4.69) is 4.90 Å². The number of carbonyl (C=O) groups is 4. The van der Waals surface area contributed by atoms with Gasteiger partial charge in [0.05, 0.1) is 26.1 Å². The van der Waals surface area contributed by atoms with Gasteiger partial charge in [0, 0.05) is 13.1 Å². The van der Waals surface area contributed by atoms with Crippen molar-refractivity contribution in [3.63, 3.8) is 0 Å². The van der Waals surface area contributed by atoms with E-state index in [9.17, 15) is 27.6 Å². The van der Waals surface area contributed by atoms with Crippen LogP contribution < -0.4 is 4.74 Å². The van der Waals surface area contributed by atoms with E-state index in [1.807, 2.05) is 48.5 Å². The number of aliphatic carboxylic acids is 1. The molecule has 3 aliphatic rings. The van der Waals surface area contributed by atoms with Gasteiger partial charge in [-0.3, -0.25) is 24.2 Å². The Hall–Kier alpha value is -3.93. The van der Waals surface area contributed by atoms with E-state index in [-0.39, 0.29) is 17.9 Å². The number of ether oxygens (including phenoxy) is 2. The van der Waals surface area contributed by atoms with Crippen LogP contribution in [0, 0.1) is 11.8 Å². The lowest BCUT2D eigenvalue weighted by molar-refractivity contribution is -0.192. The summed E-state index contributed by atoms with van der Waals surface area (Å²) in [5, 5.41) is 7.12. The number of hydrogen-bond donors (Lipinski definition) is 1. The third-order valence-electron chi connectivity index (χ3n) is 7.94. The summed E-state index contributed by atoms with van der Waals surface area (Å²) in [4.78, 5) is 51.8. The summed E-state index contributed by atoms with van der Waals surface area (Å²) in [6.45, 7) is 0.650. The number of piperidine rings is 1. The number of methoxy groups -OCH3 is 2. The Morgan fingerprint density at radius 2 is 1.50 bits per heavy atom. The van der Waals surface area contributed by atoms with E-state index < -0.39 is 35.5 Å². The lowest BCUT2D eigenvalue weighted by atomic mass is 9.75. The zero-order valence-electron chi connectivity index (χ0n) is 22.1. The van der Waals surface area contributed by atoms with E-state index in [4.69, 9.17) is 19.4 Å². The number of carbonyl (C=O) groups excluding carboxylic acids is 3. The molecule has 2 aromatic carbocycles. The minimum atomic E-state index is -5.08. The van der Waals surface area contributed by atoms with E-state index in [0.717, 1.165) is 35.3 Å². The van der Waals surface area contributed by atoms with Crippen molar-refractivity contribution in [3.8, 4) is 16.9 Å². The Kier molecular flexibility index (Phi) is 7.93. The van der Waals surface area contributed by atoms with Gasteiger partial charge in [-0.2, -0.15) is 13.2 Å². The predicted octanol–water partition coefficient (Wildman–Crippen LogP) is 3.68. The Morgan fingerprint density at radius 3 is 2.00 bits per heavy atom. The molecule has 1 N–H and O–H groups in total. The molecule has 0 saturated carbocycles. The van der Waals surface area contributed by atoms with Crippen LogP contribution in [-0.2, 0) is 23.9 Å². The Labute approximate surface area is 228 Å². The summed E-state index contributed by atoms with van der Waals surface area (Å²) in [5.41, 5.74) is 1.95. The maximum atomic E-state index is 13.2. The highest BCUT2D eigenvalue weighted by Gasteiger charge is 2.72. The predicted molar refractivity (Wildman–Crippen MR) is 135 cm³/mol. The minimum absolute atomic E-state index is 0.216. The van der Waals surface area contributed by atoms with Crippen LogP contribution in [0.5, 0.6) is 5.75 Å². The molecule has 40 heavy (non-hydrogen) atoms. The molecule has 5 rings (SSSR count). The van der Waals surface area contributed by atoms with Crippen LogP contribution in [0.15, 0.2) is 48.5 Å². The molecule has 0 unspecified atom stereocenters. The van der Waals surface area contributed by atoms with Crippen molar-refractivity contribution in [2.45, 2.75) is 37.0 Å². The second-order valence-corrected chi connectivity index (χ2v) is 9.90. The van der Waals surface area contributed by atoms with Crippen LogP contribution in [0.3, 0.4) is 0 Å². The van der Waals surface area contributed by atoms with Crippen molar-refractivity contribution in [3.05, 3.63) is 54.1 Å². The molecule has 3 saturated heterocycles. The standard InChI is InChI=1S/C26H28N2O5.C2HF3O2/c1-27-23(29)20-21(24(27)30)26(25(31)33-3)14-4-5-15-28(26)22(20)18-8-6-16(7-9-18)17-10-12-19(32-2)13-11-17;3-2(4,5)1(6)7/h6-13,20-22H,4-5,14-15H2,1-3H3;(H,6,7)/t20-,21-,22-,26+;/m1./s1. The second-order valence-electron chi connectivity index (χ2n) is 9.90. The number of rotatable bonds is 4. The molecule has 2 aromatic rings. The second kappa shape index (κ2) is 10.9. The van der Waals surface area contributed by atoms with Gasteiger partial charge < -0.3 is 14.6 Å². The molecule has 9 nitrogen and oxygen atoms in total. The van der Waals surface area contributed by atoms with Crippen molar-refractivity contribution >= 4 is 23.8 Å². The summed E-state index contributed by atoms with van der Waals surface area (Å²) in [5.74, 6) is -4.17. The molecule has 12 heteroatoms. The van der Waals surface area contributed by atoms with E-state index >= 15 is 0 Å². The fourth-order valence-electron chi connectivity index (χ4n) is 6.16. The Balaban J connectivity index is 0.000000470. The van der Waals surface area contributed by atoms with Crippen molar-refractivity contribution in [2.75, 3.05) is 27.8 Å². The SMILES string of the molecule is COC(=O)[C@@]12CCCCN1[C@H](c1ccc(-c3ccc(OC)cc3)cc1)[C@@H]1C(=O)N(C)C(=O)[C@@H]12.O=C(O)C(F)(F)F. The molecule has 2 amide bonds. The zero-order chi connectivity index (χ0) is 29.4. The molecular weight excluding hydrogens is 533 g/mol. The fraction of sp³-hybridized carbons (Fsp3) is 0.429. The van der Waals surface area contributed by atoms with Crippen molar-refractivity contribution in [2.24, 2.45) is 11.8 Å². The molecule has 3 heterocycles. The number of nitrogens with zero attached hydrogens (tertiary/aromatic N) is 2. The average Bonchev–Trinajstić information content (AvgIpc) is 3.38. The first-order chi connectivity index (χ1) is 18.9. The molecule has 0 spiro atoms. The largest absolute Gasteiger partial charge is 0.497 e. The number of fused-ring (bicyclic) bond motifs is 3. The van der Waals surface area contributed by atoms with Gasteiger partial charge in [-0.1, -0.05) is 36.4 Å². The summed E-state index contributed by atoms with van der Waals surface area (Å²) in [6.07, 6.45) is -2.83. The molecule has 3 fully saturated rings. The van der Waals surface area contributed by atoms with Gasteiger partial charge >= 0.3 is 18.1 Å². The molecule has 0 aromatic heterocycles. The van der Waals surface area contributed by atoms with Gasteiger partial charge in [0.15, 0.2) is 0 Å². The number of benzene rings is 2. The maximum absolute atomic E-state index is 13.2. The highest BCUT2D eigenvalue weighted by atomic mass is 19.4. The monoisotopic (exact) mass is 562 g/mol. The van der Waals surface area contributed by atoms with Crippen LogP contribution >= 0.6 is 0 Å². The van der Waals surface area contributed by atoms with Crippen LogP contribution in [-0.4, -0.2) is 78.2 Å². The summed E-state index contributed by atoms with van der Waals surface area (Å²) < 4.78 is 42.2. The van der Waals surface area contributed by atoms with Gasteiger partial charge in [-0.15, -0.1) is 0 Å². The highest BCUT2D eigenvalue weighted by Crippen LogP contribution is 2.58. The number of hydrogen-bond acceptors (Lipinski definition) is 7. The summed E-state index contributed by atoms with van der Waals surface area (Å²) in [6, 6.07) is 15.6. The average molecular weight is 563 g/mol. The normalized spacial score (nSPS) is 25.9. The summed E-state index contributed by atoms with van der Waals surface area (Å²) >= 11 is 0. The molecular formula is C28H29F3N2O7. The molecule has 0 bridgehead atoms. The lowest BCUT2D eigenvalue weighted by Crippen LogP contribution is -2.59. The molecule has 4 atom stereocenters. The summed E-state index contributed by atoms with van der Waals surface area (Å²) in [7, 11) is 4.52. The number of carboxylic acids is 1. The highest BCUT2D eigenvalue weighted by molar-refractivity contribution is 6.09. The van der Waals surface area contributed by atoms with E-state index in [1.165, 1.54) is 19.1 Å². The number of alkyl halides is 3. The Bertz CT molecular complexity index is 1300. The molecule has 0 radical (unpaired) electrons. The van der Waals surface area contributed by atoms with Crippen molar-refractivity contribution < 1.29 is 46.9 Å². The Morgan fingerprint density at radius 1 is 0.950 bits per heavy atom. The van der Waals surface area contributed by atoms with Gasteiger partial charge in [0.25, 0.3) is 0 Å². The number of carboxylic acid groups (broad SMARTS) is 1. The molecule has 0 aliphatic carbocycles. The smallest absolute Gasteiger partial charge is 0.490 e. The van der Waals surface area contributed by atoms with Gasteiger partial charge in [0.1, 0.15) is 11.3 Å². The fourth-order valence-corrected chi connectivity index (χ4v) is 6.16. The first-order valence-corrected chi connectivity index (χ1v) is 12.6. The maximum Gasteiger partial charge on any atom is 0.490 e. The number of amides is 2. The zero-order valence-corrected chi connectivity index (χ0v) is 22.1. The number of imide groups is 1. The van der Waals surface area contributed by atoms with Gasteiger partial charge in [0.2, 0.25) is 11.8 Å². The van der Waals surface area contributed by atoms with Gasteiger partial charge in [-0.05, 0) is 54.6 Å². The first-order valence-electron chi connectivity index (χ1n) is 12.6. The van der Waals surface area contributed by atoms with Crippen molar-refractivity contribution in [1.29, 1.82) is 0 Å².